The van der Waals surface area contributed by atoms with Gasteiger partial charge < -0.3 is 25.3 Å². The average Bonchev–Trinajstić information content (AvgIpc) is 2.85. The lowest BCUT2D eigenvalue weighted by Crippen LogP contribution is -2.01. The zero-order valence-electron chi connectivity index (χ0n) is 12.0. The van der Waals surface area contributed by atoms with Crippen LogP contribution in [0.1, 0.15) is 12.0 Å². The zero-order valence-corrected chi connectivity index (χ0v) is 12.0. The fourth-order valence-electron chi connectivity index (χ4n) is 2.24. The normalized spacial score (nSPS) is 10.4. The molecule has 0 atom stereocenters. The van der Waals surface area contributed by atoms with Gasteiger partial charge in [-0.15, -0.1) is 0 Å². The maximum Gasteiger partial charge on any atom is 0.303 e. The van der Waals surface area contributed by atoms with Crippen LogP contribution < -0.4 is 15.2 Å². The summed E-state index contributed by atoms with van der Waals surface area (Å²) in [7, 11) is 3.17. The number of carboxylic acid groups (broad SMARTS) is 1. The summed E-state index contributed by atoms with van der Waals surface area (Å²) in [4.78, 5) is 13.7. The van der Waals surface area contributed by atoms with Crippen LogP contribution in [0.4, 0.5) is 5.82 Å². The second-order valence-electron chi connectivity index (χ2n) is 4.55. The number of methoxy groups -OCH3 is 2. The SMILES string of the molecule is COc1ccc(OC)c(-c2c[nH]c(N)c2CCC(=O)O)c1. The van der Waals surface area contributed by atoms with Gasteiger partial charge in [-0.25, -0.2) is 0 Å². The Kier molecular flexibility index (Phi) is 4.37. The largest absolute Gasteiger partial charge is 0.497 e. The molecule has 0 aliphatic rings. The number of aliphatic carboxylic acids is 1. The van der Waals surface area contributed by atoms with E-state index in [4.69, 9.17) is 20.3 Å². The van der Waals surface area contributed by atoms with Gasteiger partial charge in [-0.2, -0.15) is 0 Å². The van der Waals surface area contributed by atoms with Crippen LogP contribution in [0.15, 0.2) is 24.4 Å². The molecule has 112 valence electrons. The Balaban J connectivity index is 2.48. The molecule has 6 nitrogen and oxygen atoms in total. The molecule has 0 unspecified atom stereocenters. The molecule has 0 spiro atoms. The Bertz CT molecular complexity index is 649. The van der Waals surface area contributed by atoms with Gasteiger partial charge in [-0.3, -0.25) is 4.79 Å². The Morgan fingerprint density at radius 3 is 2.67 bits per heavy atom. The first-order valence-corrected chi connectivity index (χ1v) is 6.46. The number of anilines is 1. The molecule has 0 aliphatic carbocycles. The quantitative estimate of drug-likeness (QED) is 0.758. The highest BCUT2D eigenvalue weighted by Crippen LogP contribution is 2.37. The number of hydrogen-bond donors (Lipinski definition) is 3. The minimum Gasteiger partial charge on any atom is -0.497 e. The van der Waals surface area contributed by atoms with Crippen molar-refractivity contribution in [1.29, 1.82) is 0 Å². The van der Waals surface area contributed by atoms with Gasteiger partial charge in [0.25, 0.3) is 0 Å². The van der Waals surface area contributed by atoms with Crippen LogP contribution in [0.2, 0.25) is 0 Å². The average molecular weight is 290 g/mol. The summed E-state index contributed by atoms with van der Waals surface area (Å²) in [5, 5.41) is 8.85. The van der Waals surface area contributed by atoms with Crippen molar-refractivity contribution in [2.24, 2.45) is 0 Å². The van der Waals surface area contributed by atoms with Crippen LogP contribution in [0.5, 0.6) is 11.5 Å². The zero-order chi connectivity index (χ0) is 15.4. The predicted octanol–water partition coefficient (Wildman–Crippen LogP) is 2.30. The first-order chi connectivity index (χ1) is 10.1. The number of ether oxygens (including phenoxy) is 2. The van der Waals surface area contributed by atoms with Crippen LogP contribution >= 0.6 is 0 Å². The maximum atomic E-state index is 10.8. The van der Waals surface area contributed by atoms with E-state index < -0.39 is 5.97 Å². The van der Waals surface area contributed by atoms with Crippen molar-refractivity contribution in [2.45, 2.75) is 12.8 Å². The smallest absolute Gasteiger partial charge is 0.303 e. The second kappa shape index (κ2) is 6.21. The van der Waals surface area contributed by atoms with Gasteiger partial charge in [0.1, 0.15) is 17.3 Å². The van der Waals surface area contributed by atoms with Gasteiger partial charge >= 0.3 is 5.97 Å². The van der Waals surface area contributed by atoms with E-state index in [-0.39, 0.29) is 6.42 Å². The first-order valence-electron chi connectivity index (χ1n) is 6.46. The van der Waals surface area contributed by atoms with E-state index in [2.05, 4.69) is 4.98 Å². The second-order valence-corrected chi connectivity index (χ2v) is 4.55. The molecule has 4 N–H and O–H groups in total. The number of hydrogen-bond acceptors (Lipinski definition) is 4. The van der Waals surface area contributed by atoms with E-state index in [9.17, 15) is 4.79 Å². The number of aromatic amines is 1. The lowest BCUT2D eigenvalue weighted by Gasteiger charge is -2.11. The molecule has 2 rings (SSSR count). The minimum absolute atomic E-state index is 0.0152. The van der Waals surface area contributed by atoms with Crippen LogP contribution in [0.3, 0.4) is 0 Å². The number of aromatic nitrogens is 1. The lowest BCUT2D eigenvalue weighted by atomic mass is 9.99. The molecule has 0 fully saturated rings. The summed E-state index contributed by atoms with van der Waals surface area (Å²) in [6.45, 7) is 0. The molecular formula is C15H18N2O4. The number of carboxylic acids is 1. The highest BCUT2D eigenvalue weighted by molar-refractivity contribution is 5.79. The van der Waals surface area contributed by atoms with Crippen LogP contribution in [0.25, 0.3) is 11.1 Å². The van der Waals surface area contributed by atoms with Crippen LogP contribution in [0, 0.1) is 0 Å². The fourth-order valence-corrected chi connectivity index (χ4v) is 2.24. The third kappa shape index (κ3) is 3.10. The fraction of sp³-hybridized carbons (Fsp3) is 0.267. The molecule has 1 aromatic heterocycles. The number of nitrogens with one attached hydrogen (secondary N) is 1. The number of carbonyl (C=O) groups is 1. The molecule has 0 bridgehead atoms. The van der Waals surface area contributed by atoms with E-state index in [1.165, 1.54) is 0 Å². The standard InChI is InChI=1S/C15H18N2O4/c1-20-9-3-5-13(21-2)11(7-9)12-8-17-15(16)10(12)4-6-14(18)19/h3,5,7-8,17H,4,6,16H2,1-2H3,(H,18,19). The van der Waals surface area contributed by atoms with Crippen molar-refractivity contribution < 1.29 is 19.4 Å². The number of H-pyrrole nitrogens is 1. The van der Waals surface area contributed by atoms with Crippen molar-refractivity contribution in [2.75, 3.05) is 20.0 Å². The maximum absolute atomic E-state index is 10.8. The van der Waals surface area contributed by atoms with E-state index in [0.717, 1.165) is 16.7 Å². The van der Waals surface area contributed by atoms with E-state index >= 15 is 0 Å². The van der Waals surface area contributed by atoms with Gasteiger partial charge in [-0.1, -0.05) is 0 Å². The van der Waals surface area contributed by atoms with Gasteiger partial charge in [0.15, 0.2) is 0 Å². The minimum atomic E-state index is -0.862. The molecule has 0 aliphatic heterocycles. The molecule has 1 heterocycles. The van der Waals surface area contributed by atoms with E-state index in [0.29, 0.717) is 23.7 Å². The molecule has 2 aromatic rings. The first kappa shape index (κ1) is 14.8. The van der Waals surface area contributed by atoms with Gasteiger partial charge in [0, 0.05) is 29.3 Å². The highest BCUT2D eigenvalue weighted by atomic mass is 16.5. The van der Waals surface area contributed by atoms with Crippen LogP contribution in [-0.4, -0.2) is 30.3 Å². The van der Waals surface area contributed by atoms with Crippen molar-refractivity contribution in [3.8, 4) is 22.6 Å². The number of nitrogens with two attached hydrogens (primary N) is 1. The van der Waals surface area contributed by atoms with E-state index in [1.54, 1.807) is 32.5 Å². The van der Waals surface area contributed by atoms with Crippen molar-refractivity contribution in [3.63, 3.8) is 0 Å². The lowest BCUT2D eigenvalue weighted by molar-refractivity contribution is -0.136. The summed E-state index contributed by atoms with van der Waals surface area (Å²) >= 11 is 0. The highest BCUT2D eigenvalue weighted by Gasteiger charge is 2.16. The molecule has 6 heteroatoms. The van der Waals surface area contributed by atoms with Crippen LogP contribution in [-0.2, 0) is 11.2 Å². The van der Waals surface area contributed by atoms with Gasteiger partial charge in [-0.05, 0) is 24.6 Å². The third-order valence-electron chi connectivity index (χ3n) is 3.31. The molecule has 0 amide bonds. The third-order valence-corrected chi connectivity index (χ3v) is 3.31. The number of nitrogen functional groups attached to an aromatic ring is 1. The topological polar surface area (TPSA) is 97.6 Å². The molecule has 0 saturated carbocycles. The summed E-state index contributed by atoms with van der Waals surface area (Å²) < 4.78 is 10.6. The Morgan fingerprint density at radius 2 is 2.05 bits per heavy atom. The summed E-state index contributed by atoms with van der Waals surface area (Å²) in [6.07, 6.45) is 2.12. The summed E-state index contributed by atoms with van der Waals surface area (Å²) in [5.74, 6) is 0.969. The molecule has 0 radical (unpaired) electrons. The molecule has 1 aromatic carbocycles. The van der Waals surface area contributed by atoms with Crippen molar-refractivity contribution in [3.05, 3.63) is 30.0 Å². The molecule has 21 heavy (non-hydrogen) atoms. The monoisotopic (exact) mass is 290 g/mol. The summed E-state index contributed by atoms with van der Waals surface area (Å²) in [6, 6.07) is 5.44. The molecular weight excluding hydrogens is 272 g/mol. The Hall–Kier alpha value is -2.63. The van der Waals surface area contributed by atoms with E-state index in [1.807, 2.05) is 6.07 Å². The van der Waals surface area contributed by atoms with Gasteiger partial charge in [0.05, 0.1) is 14.2 Å². The number of rotatable bonds is 6. The summed E-state index contributed by atoms with van der Waals surface area (Å²) in [5.41, 5.74) is 8.31. The van der Waals surface area contributed by atoms with Crippen molar-refractivity contribution >= 4 is 11.8 Å². The number of benzene rings is 1. The predicted molar refractivity (Wildman–Crippen MR) is 79.7 cm³/mol. The Morgan fingerprint density at radius 1 is 1.29 bits per heavy atom. The molecule has 0 saturated heterocycles. The van der Waals surface area contributed by atoms with Gasteiger partial charge in [0.2, 0.25) is 0 Å². The van der Waals surface area contributed by atoms with Crippen molar-refractivity contribution in [1.82, 2.24) is 4.98 Å². The Labute approximate surface area is 122 Å².